The summed E-state index contributed by atoms with van der Waals surface area (Å²) in [6.45, 7) is 4.98. The van der Waals surface area contributed by atoms with E-state index >= 15 is 0 Å². The molecule has 0 unspecified atom stereocenters. The molecular weight excluding hydrogens is 268 g/mol. The molecule has 0 spiro atoms. The van der Waals surface area contributed by atoms with Gasteiger partial charge in [-0.25, -0.2) is 9.18 Å². The van der Waals surface area contributed by atoms with Crippen LogP contribution in [-0.2, 0) is 9.78 Å². The van der Waals surface area contributed by atoms with Gasteiger partial charge in [0.2, 0.25) is 0 Å². The molecule has 0 amide bonds. The molecule has 4 nitrogen and oxygen atoms in total. The predicted molar refractivity (Wildman–Crippen MR) is 71.7 cm³/mol. The number of carbonyl (C=O) groups excluding carboxylic acids is 1. The molecule has 1 rings (SSSR count). The zero-order chi connectivity index (χ0) is 15.2. The number of benzene rings is 1. The van der Waals surface area contributed by atoms with Crippen molar-refractivity contribution in [2.75, 3.05) is 18.5 Å². The molecule has 112 valence electrons. The zero-order valence-electron chi connectivity index (χ0n) is 11.8. The quantitative estimate of drug-likeness (QED) is 0.494. The molecule has 1 N–H and O–H groups in total. The van der Waals surface area contributed by atoms with Crippen molar-refractivity contribution in [3.63, 3.8) is 0 Å². The Hall–Kier alpha value is -1.69. The second-order valence-electron chi connectivity index (χ2n) is 5.23. The Kier molecular flexibility index (Phi) is 5.88. The lowest BCUT2D eigenvalue weighted by Gasteiger charge is -2.17. The van der Waals surface area contributed by atoms with Gasteiger partial charge in [0.15, 0.2) is 0 Å². The van der Waals surface area contributed by atoms with Crippen LogP contribution in [0.1, 0.15) is 37.6 Å². The molecule has 0 atom stereocenters. The lowest BCUT2D eigenvalue weighted by Crippen LogP contribution is -2.22. The summed E-state index contributed by atoms with van der Waals surface area (Å²) in [6.07, 6.45) is 0.267. The van der Waals surface area contributed by atoms with E-state index < -0.39 is 24.1 Å². The minimum Gasteiger partial charge on any atom is -0.384 e. The summed E-state index contributed by atoms with van der Waals surface area (Å²) in [7, 11) is 0. The molecule has 0 saturated carbocycles. The highest BCUT2D eigenvalue weighted by Crippen LogP contribution is 2.19. The van der Waals surface area contributed by atoms with Crippen LogP contribution in [0.3, 0.4) is 0 Å². The smallest absolute Gasteiger partial charge is 0.375 e. The van der Waals surface area contributed by atoms with Gasteiger partial charge in [0, 0.05) is 6.54 Å². The molecule has 0 aliphatic rings. The van der Waals surface area contributed by atoms with Crippen molar-refractivity contribution in [2.24, 2.45) is 0 Å². The van der Waals surface area contributed by atoms with Gasteiger partial charge in [0.25, 0.3) is 0 Å². The fraction of sp³-hybridized carbons (Fsp3) is 0.500. The maximum Gasteiger partial charge on any atom is 0.375 e. The maximum atomic E-state index is 13.2. The van der Waals surface area contributed by atoms with Crippen LogP contribution < -0.4 is 5.32 Å². The lowest BCUT2D eigenvalue weighted by molar-refractivity contribution is -0.301. The Bertz CT molecular complexity index is 458. The molecule has 0 saturated heterocycles. The molecule has 0 heterocycles. The third-order valence-electron chi connectivity index (χ3n) is 2.19. The summed E-state index contributed by atoms with van der Waals surface area (Å²) in [6, 6.07) is 3.60. The minimum atomic E-state index is -0.734. The first kappa shape index (κ1) is 16.4. The van der Waals surface area contributed by atoms with E-state index in [1.54, 1.807) is 20.8 Å². The van der Waals surface area contributed by atoms with Crippen LogP contribution in [0.15, 0.2) is 18.2 Å². The third-order valence-corrected chi connectivity index (χ3v) is 2.19. The normalized spacial score (nSPS) is 11.2. The average Bonchev–Trinajstić information content (AvgIpc) is 2.36. The molecule has 0 aliphatic heterocycles. The number of nitrogens with one attached hydrogen (secondary N) is 1. The molecule has 0 fully saturated rings. The summed E-state index contributed by atoms with van der Waals surface area (Å²) >= 11 is 0. The van der Waals surface area contributed by atoms with Gasteiger partial charge in [-0.1, -0.05) is 0 Å². The fourth-order valence-electron chi connectivity index (χ4n) is 1.34. The Morgan fingerprint density at radius 1 is 1.35 bits per heavy atom. The van der Waals surface area contributed by atoms with E-state index in [1.807, 2.05) is 0 Å². The van der Waals surface area contributed by atoms with E-state index in [0.29, 0.717) is 6.54 Å². The topological polar surface area (TPSA) is 47.6 Å². The van der Waals surface area contributed by atoms with Crippen molar-refractivity contribution in [1.82, 2.24) is 0 Å². The van der Waals surface area contributed by atoms with Crippen LogP contribution in [0.2, 0.25) is 0 Å². The predicted octanol–water partition coefficient (Wildman–Crippen LogP) is 3.48. The van der Waals surface area contributed by atoms with Gasteiger partial charge in [-0.2, -0.15) is 4.89 Å². The van der Waals surface area contributed by atoms with Gasteiger partial charge in [0.1, 0.15) is 11.4 Å². The Balaban J connectivity index is 2.79. The number of anilines is 1. The highest BCUT2D eigenvalue weighted by molar-refractivity contribution is 5.95. The number of hydrogen-bond acceptors (Lipinski definition) is 4. The van der Waals surface area contributed by atoms with Crippen molar-refractivity contribution >= 4 is 11.7 Å². The van der Waals surface area contributed by atoms with Crippen molar-refractivity contribution in [3.8, 4) is 0 Å². The summed E-state index contributed by atoms with van der Waals surface area (Å²) in [4.78, 5) is 21.5. The summed E-state index contributed by atoms with van der Waals surface area (Å²) < 4.78 is 25.3. The summed E-state index contributed by atoms with van der Waals surface area (Å²) in [5.74, 6) is -1.23. The molecule has 1 aromatic carbocycles. The second-order valence-corrected chi connectivity index (χ2v) is 5.23. The van der Waals surface area contributed by atoms with E-state index in [-0.39, 0.29) is 17.7 Å². The first-order valence-electron chi connectivity index (χ1n) is 6.33. The van der Waals surface area contributed by atoms with Crippen molar-refractivity contribution in [1.29, 1.82) is 0 Å². The third kappa shape index (κ3) is 5.52. The van der Waals surface area contributed by atoms with E-state index in [4.69, 9.17) is 9.78 Å². The van der Waals surface area contributed by atoms with Gasteiger partial charge in [-0.15, -0.1) is 0 Å². The SMILES string of the molecule is CC(C)(C)OOC(=O)c1ccc(F)cc1NCCCF. The number of carbonyl (C=O) groups is 1. The summed E-state index contributed by atoms with van der Waals surface area (Å²) in [5, 5.41) is 2.80. The van der Waals surface area contributed by atoms with Crippen LogP contribution in [0.25, 0.3) is 0 Å². The fourth-order valence-corrected chi connectivity index (χ4v) is 1.34. The minimum absolute atomic E-state index is 0.134. The number of hydrogen-bond donors (Lipinski definition) is 1. The maximum absolute atomic E-state index is 13.2. The molecule has 0 aliphatic carbocycles. The number of halogens is 2. The van der Waals surface area contributed by atoms with Gasteiger partial charge in [-0.05, 0) is 45.4 Å². The molecule has 6 heteroatoms. The first-order chi connectivity index (χ1) is 9.33. The van der Waals surface area contributed by atoms with Gasteiger partial charge >= 0.3 is 5.97 Å². The van der Waals surface area contributed by atoms with Gasteiger partial charge in [0.05, 0.1) is 17.9 Å². The van der Waals surface area contributed by atoms with E-state index in [1.165, 1.54) is 6.07 Å². The Morgan fingerprint density at radius 3 is 2.65 bits per heavy atom. The van der Waals surface area contributed by atoms with Crippen molar-refractivity contribution < 1.29 is 23.4 Å². The standard InChI is InChI=1S/C14H19F2NO3/c1-14(2,3)20-19-13(18)11-6-5-10(16)9-12(11)17-8-4-7-15/h5-6,9,17H,4,7-8H2,1-3H3. The first-order valence-corrected chi connectivity index (χ1v) is 6.33. The van der Waals surface area contributed by atoms with Crippen molar-refractivity contribution in [3.05, 3.63) is 29.6 Å². The number of alkyl halides is 1. The Morgan fingerprint density at radius 2 is 2.05 bits per heavy atom. The monoisotopic (exact) mass is 287 g/mol. The molecular formula is C14H19F2NO3. The zero-order valence-corrected chi connectivity index (χ0v) is 11.8. The van der Waals surface area contributed by atoms with E-state index in [0.717, 1.165) is 12.1 Å². The van der Waals surface area contributed by atoms with Crippen LogP contribution in [0.5, 0.6) is 0 Å². The molecule has 0 bridgehead atoms. The second kappa shape index (κ2) is 7.19. The molecule has 1 aromatic rings. The van der Waals surface area contributed by atoms with E-state index in [9.17, 15) is 13.6 Å². The van der Waals surface area contributed by atoms with Crippen LogP contribution in [-0.4, -0.2) is 24.8 Å². The molecule has 20 heavy (non-hydrogen) atoms. The molecule has 0 radical (unpaired) electrons. The highest BCUT2D eigenvalue weighted by atomic mass is 19.1. The average molecular weight is 287 g/mol. The lowest BCUT2D eigenvalue weighted by atomic mass is 10.1. The van der Waals surface area contributed by atoms with Crippen LogP contribution in [0.4, 0.5) is 14.5 Å². The highest BCUT2D eigenvalue weighted by Gasteiger charge is 2.19. The van der Waals surface area contributed by atoms with E-state index in [2.05, 4.69) is 5.32 Å². The largest absolute Gasteiger partial charge is 0.384 e. The Labute approximate surface area is 117 Å². The van der Waals surface area contributed by atoms with Gasteiger partial charge < -0.3 is 5.32 Å². The van der Waals surface area contributed by atoms with Gasteiger partial charge in [-0.3, -0.25) is 9.28 Å². The van der Waals surface area contributed by atoms with Crippen LogP contribution >= 0.6 is 0 Å². The summed E-state index contributed by atoms with van der Waals surface area (Å²) in [5.41, 5.74) is -0.257. The van der Waals surface area contributed by atoms with Crippen molar-refractivity contribution in [2.45, 2.75) is 32.8 Å². The van der Waals surface area contributed by atoms with Crippen LogP contribution in [0, 0.1) is 5.82 Å². The molecule has 0 aromatic heterocycles. The number of rotatable bonds is 6.